The fourth-order valence-corrected chi connectivity index (χ4v) is 4.48. The Balaban J connectivity index is 1.27. The Morgan fingerprint density at radius 1 is 0.966 bits per heavy atom. The Bertz CT molecular complexity index is 1070. The molecule has 150 valence electrons. The molecule has 0 spiro atoms. The van der Waals surface area contributed by atoms with Crippen molar-refractivity contribution in [3.63, 3.8) is 0 Å². The SMILES string of the molecule is O=C(c1ccc(N2CCCC2)nn1)N1CCC(n2c(=O)[nH]c3ccccc32)CC1. The lowest BCUT2D eigenvalue weighted by Gasteiger charge is -2.32. The normalized spacial score (nSPS) is 17.9. The maximum Gasteiger partial charge on any atom is 0.326 e. The number of carbonyl (C=O) groups excluding carboxylic acids is 1. The van der Waals surface area contributed by atoms with Crippen LogP contribution in [0.25, 0.3) is 11.0 Å². The Kier molecular flexibility index (Phi) is 4.54. The molecular weight excluding hydrogens is 368 g/mol. The summed E-state index contributed by atoms with van der Waals surface area (Å²) < 4.78 is 1.84. The number of H-pyrrole nitrogens is 1. The largest absolute Gasteiger partial charge is 0.355 e. The maximum atomic E-state index is 12.8. The third kappa shape index (κ3) is 3.28. The molecule has 1 N–H and O–H groups in total. The van der Waals surface area contributed by atoms with E-state index in [0.29, 0.717) is 18.8 Å². The van der Waals surface area contributed by atoms with Crippen molar-refractivity contribution in [3.05, 3.63) is 52.6 Å². The molecule has 0 aliphatic carbocycles. The average Bonchev–Trinajstić information content (AvgIpc) is 3.41. The number of para-hydroxylation sites is 2. The molecule has 0 bridgehead atoms. The van der Waals surface area contributed by atoms with Crippen LogP contribution in [0.15, 0.2) is 41.2 Å². The second kappa shape index (κ2) is 7.35. The molecule has 0 unspecified atom stereocenters. The number of rotatable bonds is 3. The Labute approximate surface area is 168 Å². The molecule has 2 aliphatic rings. The van der Waals surface area contributed by atoms with Gasteiger partial charge < -0.3 is 14.8 Å². The minimum Gasteiger partial charge on any atom is -0.355 e. The van der Waals surface area contributed by atoms with Gasteiger partial charge in [-0.1, -0.05) is 12.1 Å². The molecule has 3 aromatic rings. The first-order valence-electron chi connectivity index (χ1n) is 10.3. The lowest BCUT2D eigenvalue weighted by molar-refractivity contribution is 0.0688. The Morgan fingerprint density at radius 3 is 2.45 bits per heavy atom. The Morgan fingerprint density at radius 2 is 1.72 bits per heavy atom. The van der Waals surface area contributed by atoms with E-state index >= 15 is 0 Å². The summed E-state index contributed by atoms with van der Waals surface area (Å²) in [7, 11) is 0. The zero-order valence-electron chi connectivity index (χ0n) is 16.3. The molecule has 0 atom stereocenters. The molecule has 0 radical (unpaired) electrons. The summed E-state index contributed by atoms with van der Waals surface area (Å²) in [5, 5.41) is 8.44. The van der Waals surface area contributed by atoms with Crippen molar-refractivity contribution in [3.8, 4) is 0 Å². The number of carbonyl (C=O) groups is 1. The average molecular weight is 392 g/mol. The number of anilines is 1. The molecule has 2 aromatic heterocycles. The highest BCUT2D eigenvalue weighted by molar-refractivity contribution is 5.92. The molecular formula is C21H24N6O2. The number of imidazole rings is 1. The van der Waals surface area contributed by atoms with E-state index in [2.05, 4.69) is 20.1 Å². The smallest absolute Gasteiger partial charge is 0.326 e. The molecule has 4 heterocycles. The summed E-state index contributed by atoms with van der Waals surface area (Å²) >= 11 is 0. The van der Waals surface area contributed by atoms with E-state index in [1.807, 2.05) is 39.8 Å². The van der Waals surface area contributed by atoms with Crippen molar-refractivity contribution in [2.45, 2.75) is 31.7 Å². The van der Waals surface area contributed by atoms with Gasteiger partial charge in [-0.3, -0.25) is 9.36 Å². The third-order valence-corrected chi connectivity index (χ3v) is 6.04. The summed E-state index contributed by atoms with van der Waals surface area (Å²) in [6, 6.07) is 11.5. The molecule has 2 saturated heterocycles. The number of aromatic nitrogens is 4. The number of nitrogens with one attached hydrogen (secondary N) is 1. The van der Waals surface area contributed by atoms with Gasteiger partial charge in [0.1, 0.15) is 0 Å². The van der Waals surface area contributed by atoms with Crippen LogP contribution in [-0.4, -0.2) is 56.7 Å². The lowest BCUT2D eigenvalue weighted by atomic mass is 10.0. The van der Waals surface area contributed by atoms with E-state index in [0.717, 1.165) is 42.8 Å². The van der Waals surface area contributed by atoms with Crippen molar-refractivity contribution in [2.24, 2.45) is 0 Å². The quantitative estimate of drug-likeness (QED) is 0.738. The standard InChI is InChI=1S/C21H24N6O2/c28-20(17-7-8-19(24-23-17)25-11-3-4-12-25)26-13-9-15(10-14-26)27-18-6-2-1-5-16(18)22-21(27)29/h1-2,5-8,15H,3-4,9-14H2,(H,22,29). The van der Waals surface area contributed by atoms with E-state index in [1.165, 1.54) is 12.8 Å². The van der Waals surface area contributed by atoms with Gasteiger partial charge in [-0.2, -0.15) is 0 Å². The van der Waals surface area contributed by atoms with E-state index in [-0.39, 0.29) is 17.6 Å². The van der Waals surface area contributed by atoms with E-state index in [9.17, 15) is 9.59 Å². The molecule has 2 aliphatic heterocycles. The molecule has 29 heavy (non-hydrogen) atoms. The molecule has 0 saturated carbocycles. The number of aromatic amines is 1. The highest BCUT2D eigenvalue weighted by atomic mass is 16.2. The summed E-state index contributed by atoms with van der Waals surface area (Å²) in [5.74, 6) is 0.756. The van der Waals surface area contributed by atoms with Crippen LogP contribution in [0.3, 0.4) is 0 Å². The fourth-order valence-electron chi connectivity index (χ4n) is 4.48. The van der Waals surface area contributed by atoms with Crippen LogP contribution in [0.5, 0.6) is 0 Å². The van der Waals surface area contributed by atoms with Crippen molar-refractivity contribution in [1.82, 2.24) is 24.6 Å². The number of amides is 1. The van der Waals surface area contributed by atoms with Crippen LogP contribution in [0.1, 0.15) is 42.2 Å². The lowest BCUT2D eigenvalue weighted by Crippen LogP contribution is -2.40. The number of hydrogen-bond acceptors (Lipinski definition) is 5. The molecule has 2 fully saturated rings. The van der Waals surface area contributed by atoms with Gasteiger partial charge in [0.05, 0.1) is 11.0 Å². The molecule has 8 nitrogen and oxygen atoms in total. The minimum absolute atomic E-state index is 0.0839. The van der Waals surface area contributed by atoms with Crippen LogP contribution in [-0.2, 0) is 0 Å². The summed E-state index contributed by atoms with van der Waals surface area (Å²) in [4.78, 5) is 32.2. The monoisotopic (exact) mass is 392 g/mol. The number of hydrogen-bond donors (Lipinski definition) is 1. The van der Waals surface area contributed by atoms with Gasteiger partial charge in [0.15, 0.2) is 11.5 Å². The second-order valence-electron chi connectivity index (χ2n) is 7.81. The van der Waals surface area contributed by atoms with Gasteiger partial charge >= 0.3 is 5.69 Å². The van der Waals surface area contributed by atoms with E-state index in [4.69, 9.17) is 0 Å². The zero-order chi connectivity index (χ0) is 19.8. The van der Waals surface area contributed by atoms with Gasteiger partial charge in [0, 0.05) is 32.2 Å². The van der Waals surface area contributed by atoms with Crippen LogP contribution in [0.4, 0.5) is 5.82 Å². The molecule has 1 aromatic carbocycles. The van der Waals surface area contributed by atoms with Crippen molar-refractivity contribution < 1.29 is 4.79 Å². The fraction of sp³-hybridized carbons (Fsp3) is 0.429. The number of likely N-dealkylation sites (tertiary alicyclic amines) is 1. The number of piperidine rings is 1. The summed E-state index contributed by atoms with van der Waals surface area (Å²) in [6.07, 6.45) is 3.84. The first kappa shape index (κ1) is 17.9. The second-order valence-corrected chi connectivity index (χ2v) is 7.81. The van der Waals surface area contributed by atoms with Crippen molar-refractivity contribution in [1.29, 1.82) is 0 Å². The first-order valence-corrected chi connectivity index (χ1v) is 10.3. The van der Waals surface area contributed by atoms with Crippen molar-refractivity contribution in [2.75, 3.05) is 31.1 Å². The topological polar surface area (TPSA) is 87.1 Å². The third-order valence-electron chi connectivity index (χ3n) is 6.04. The first-order chi connectivity index (χ1) is 14.2. The van der Waals surface area contributed by atoms with E-state index < -0.39 is 0 Å². The Hall–Kier alpha value is -3.16. The van der Waals surface area contributed by atoms with Crippen LogP contribution in [0, 0.1) is 0 Å². The van der Waals surface area contributed by atoms with Gasteiger partial charge in [0.25, 0.3) is 5.91 Å². The summed E-state index contributed by atoms with van der Waals surface area (Å²) in [5.41, 5.74) is 2.07. The predicted octanol–water partition coefficient (Wildman–Crippen LogP) is 2.20. The highest BCUT2D eigenvalue weighted by Gasteiger charge is 2.27. The number of benzene rings is 1. The van der Waals surface area contributed by atoms with Gasteiger partial charge in [0.2, 0.25) is 0 Å². The van der Waals surface area contributed by atoms with Crippen molar-refractivity contribution >= 4 is 22.8 Å². The number of nitrogens with zero attached hydrogens (tertiary/aromatic N) is 5. The molecule has 8 heteroatoms. The molecule has 5 rings (SSSR count). The zero-order valence-corrected chi connectivity index (χ0v) is 16.3. The van der Waals surface area contributed by atoms with Gasteiger partial charge in [-0.15, -0.1) is 10.2 Å². The van der Waals surface area contributed by atoms with Crippen LogP contribution in [0.2, 0.25) is 0 Å². The highest BCUT2D eigenvalue weighted by Crippen LogP contribution is 2.25. The molecule has 1 amide bonds. The predicted molar refractivity (Wildman–Crippen MR) is 110 cm³/mol. The summed E-state index contributed by atoms with van der Waals surface area (Å²) in [6.45, 7) is 3.21. The van der Waals surface area contributed by atoms with Gasteiger partial charge in [-0.25, -0.2) is 4.79 Å². The van der Waals surface area contributed by atoms with Crippen LogP contribution < -0.4 is 10.6 Å². The maximum absolute atomic E-state index is 12.8. The minimum atomic E-state index is -0.0878. The van der Waals surface area contributed by atoms with E-state index in [1.54, 1.807) is 6.07 Å². The van der Waals surface area contributed by atoms with Crippen LogP contribution >= 0.6 is 0 Å². The van der Waals surface area contributed by atoms with Gasteiger partial charge in [-0.05, 0) is 49.9 Å². The number of fused-ring (bicyclic) bond motifs is 1.